The molecule has 1 aromatic carbocycles. The molecule has 0 saturated carbocycles. The smallest absolute Gasteiger partial charge is 0.123 e. The van der Waals surface area contributed by atoms with E-state index in [-0.39, 0.29) is 0 Å². The summed E-state index contributed by atoms with van der Waals surface area (Å²) in [5, 5.41) is 4.38. The Balaban J connectivity index is 2.33. The van der Waals surface area contributed by atoms with E-state index in [4.69, 9.17) is 4.98 Å². The summed E-state index contributed by atoms with van der Waals surface area (Å²) in [6.45, 7) is 7.51. The van der Waals surface area contributed by atoms with Crippen molar-refractivity contribution in [2.24, 2.45) is 5.92 Å². The fourth-order valence-electron chi connectivity index (χ4n) is 2.05. The second-order valence-corrected chi connectivity index (χ2v) is 6.47. The van der Waals surface area contributed by atoms with E-state index in [0.29, 0.717) is 5.92 Å². The summed E-state index contributed by atoms with van der Waals surface area (Å²) < 4.78 is 0. The van der Waals surface area contributed by atoms with Gasteiger partial charge in [0.25, 0.3) is 0 Å². The first-order valence-corrected chi connectivity index (χ1v) is 7.62. The van der Waals surface area contributed by atoms with Crippen LogP contribution >= 0.6 is 11.3 Å². The Morgan fingerprint density at radius 3 is 2.47 bits per heavy atom. The van der Waals surface area contributed by atoms with Gasteiger partial charge in [0.2, 0.25) is 0 Å². The average molecular weight is 274 g/mol. The third-order valence-electron chi connectivity index (χ3n) is 3.02. The summed E-state index contributed by atoms with van der Waals surface area (Å²) in [6, 6.07) is 8.63. The number of rotatable bonds is 5. The van der Waals surface area contributed by atoms with Crippen molar-refractivity contribution < 1.29 is 0 Å². The highest BCUT2D eigenvalue weighted by Gasteiger charge is 2.13. The van der Waals surface area contributed by atoms with Crippen molar-refractivity contribution in [1.82, 2.24) is 10.3 Å². The molecule has 2 aromatic rings. The highest BCUT2D eigenvalue weighted by molar-refractivity contribution is 7.15. The monoisotopic (exact) mass is 274 g/mol. The Bertz CT molecular complexity index is 526. The van der Waals surface area contributed by atoms with Crippen LogP contribution in [0, 0.1) is 12.8 Å². The molecule has 0 unspecified atom stereocenters. The van der Waals surface area contributed by atoms with Gasteiger partial charge in [0.15, 0.2) is 0 Å². The third kappa shape index (κ3) is 3.64. The molecule has 0 aliphatic rings. The molecule has 1 aromatic heterocycles. The van der Waals surface area contributed by atoms with Crippen LogP contribution in [0.3, 0.4) is 0 Å². The first-order chi connectivity index (χ1) is 9.10. The van der Waals surface area contributed by atoms with Crippen molar-refractivity contribution in [3.63, 3.8) is 0 Å². The Hall–Kier alpha value is -1.19. The van der Waals surface area contributed by atoms with Gasteiger partial charge in [-0.25, -0.2) is 4.98 Å². The van der Waals surface area contributed by atoms with E-state index in [2.05, 4.69) is 50.4 Å². The van der Waals surface area contributed by atoms with Gasteiger partial charge in [0, 0.05) is 17.0 Å². The third-order valence-corrected chi connectivity index (χ3v) is 4.16. The SMILES string of the molecule is CNCc1sc(-c2ccc(C)cc2)nc1CC(C)C. The molecule has 0 radical (unpaired) electrons. The van der Waals surface area contributed by atoms with Crippen LogP contribution in [-0.4, -0.2) is 12.0 Å². The van der Waals surface area contributed by atoms with Gasteiger partial charge in [-0.05, 0) is 26.3 Å². The summed E-state index contributed by atoms with van der Waals surface area (Å²) in [5.74, 6) is 0.642. The van der Waals surface area contributed by atoms with Crippen LogP contribution in [0.15, 0.2) is 24.3 Å². The van der Waals surface area contributed by atoms with E-state index in [1.54, 1.807) is 0 Å². The topological polar surface area (TPSA) is 24.9 Å². The Morgan fingerprint density at radius 1 is 1.21 bits per heavy atom. The maximum absolute atomic E-state index is 4.85. The molecule has 2 rings (SSSR count). The molecule has 0 bridgehead atoms. The van der Waals surface area contributed by atoms with Gasteiger partial charge in [0.05, 0.1) is 5.69 Å². The van der Waals surface area contributed by atoms with Crippen LogP contribution in [0.5, 0.6) is 0 Å². The standard InChI is InChI=1S/C16H22N2S/c1-11(2)9-14-15(10-17-4)19-16(18-14)13-7-5-12(3)6-8-13/h5-8,11,17H,9-10H2,1-4H3. The molecule has 0 saturated heterocycles. The second kappa shape index (κ2) is 6.31. The van der Waals surface area contributed by atoms with Crippen LogP contribution in [0.4, 0.5) is 0 Å². The normalized spacial score (nSPS) is 11.2. The predicted molar refractivity (Wildman–Crippen MR) is 83.6 cm³/mol. The molecular weight excluding hydrogens is 252 g/mol. The van der Waals surface area contributed by atoms with Crippen molar-refractivity contribution in [3.8, 4) is 10.6 Å². The Morgan fingerprint density at radius 2 is 1.89 bits per heavy atom. The summed E-state index contributed by atoms with van der Waals surface area (Å²) in [6.07, 6.45) is 1.05. The van der Waals surface area contributed by atoms with Gasteiger partial charge in [0.1, 0.15) is 5.01 Å². The number of nitrogens with zero attached hydrogens (tertiary/aromatic N) is 1. The zero-order valence-corrected chi connectivity index (χ0v) is 13.0. The lowest BCUT2D eigenvalue weighted by Crippen LogP contribution is -2.07. The highest BCUT2D eigenvalue weighted by Crippen LogP contribution is 2.29. The van der Waals surface area contributed by atoms with Gasteiger partial charge in [-0.2, -0.15) is 0 Å². The molecule has 0 aliphatic carbocycles. The lowest BCUT2D eigenvalue weighted by atomic mass is 10.1. The lowest BCUT2D eigenvalue weighted by Gasteiger charge is -2.03. The number of hydrogen-bond acceptors (Lipinski definition) is 3. The molecule has 2 nitrogen and oxygen atoms in total. The number of benzene rings is 1. The van der Waals surface area contributed by atoms with Crippen molar-refractivity contribution in [1.29, 1.82) is 0 Å². The molecule has 1 heterocycles. The maximum atomic E-state index is 4.85. The zero-order valence-electron chi connectivity index (χ0n) is 12.2. The summed E-state index contributed by atoms with van der Waals surface area (Å²) in [7, 11) is 1.99. The number of aryl methyl sites for hydroxylation is 1. The van der Waals surface area contributed by atoms with Crippen LogP contribution in [0.1, 0.15) is 30.0 Å². The molecule has 102 valence electrons. The van der Waals surface area contributed by atoms with Crippen LogP contribution in [0.25, 0.3) is 10.6 Å². The average Bonchev–Trinajstić information content (AvgIpc) is 2.73. The van der Waals surface area contributed by atoms with Gasteiger partial charge >= 0.3 is 0 Å². The number of aromatic nitrogens is 1. The largest absolute Gasteiger partial charge is 0.315 e. The second-order valence-electron chi connectivity index (χ2n) is 5.38. The number of hydrogen-bond donors (Lipinski definition) is 1. The predicted octanol–water partition coefficient (Wildman–Crippen LogP) is 4.04. The Kier molecular flexibility index (Phi) is 4.72. The fraction of sp³-hybridized carbons (Fsp3) is 0.438. The summed E-state index contributed by atoms with van der Waals surface area (Å²) >= 11 is 1.81. The van der Waals surface area contributed by atoms with Crippen LogP contribution in [0.2, 0.25) is 0 Å². The summed E-state index contributed by atoms with van der Waals surface area (Å²) in [4.78, 5) is 6.21. The first kappa shape index (κ1) is 14.2. The zero-order chi connectivity index (χ0) is 13.8. The van der Waals surface area contributed by atoms with Gasteiger partial charge in [-0.3, -0.25) is 0 Å². The van der Waals surface area contributed by atoms with Crippen molar-refractivity contribution in [2.75, 3.05) is 7.05 Å². The minimum absolute atomic E-state index is 0.642. The molecule has 3 heteroatoms. The van der Waals surface area contributed by atoms with Crippen LogP contribution < -0.4 is 5.32 Å². The minimum Gasteiger partial charge on any atom is -0.315 e. The molecule has 1 N–H and O–H groups in total. The van der Waals surface area contributed by atoms with Crippen molar-refractivity contribution in [2.45, 2.75) is 33.7 Å². The molecule has 0 atom stereocenters. The van der Waals surface area contributed by atoms with E-state index in [0.717, 1.165) is 18.0 Å². The Labute approximate surface area is 119 Å². The molecule has 0 fully saturated rings. The first-order valence-electron chi connectivity index (χ1n) is 6.80. The van der Waals surface area contributed by atoms with E-state index in [1.165, 1.54) is 21.7 Å². The number of thiazole rings is 1. The lowest BCUT2D eigenvalue weighted by molar-refractivity contribution is 0.631. The molecular formula is C16H22N2S. The molecule has 0 amide bonds. The van der Waals surface area contributed by atoms with E-state index < -0.39 is 0 Å². The molecule has 0 spiro atoms. The fourth-order valence-corrected chi connectivity index (χ4v) is 3.15. The highest BCUT2D eigenvalue weighted by atomic mass is 32.1. The van der Waals surface area contributed by atoms with Gasteiger partial charge in [-0.1, -0.05) is 43.7 Å². The van der Waals surface area contributed by atoms with Crippen LogP contribution in [-0.2, 0) is 13.0 Å². The molecule has 19 heavy (non-hydrogen) atoms. The van der Waals surface area contributed by atoms with Crippen molar-refractivity contribution >= 4 is 11.3 Å². The minimum atomic E-state index is 0.642. The van der Waals surface area contributed by atoms with Gasteiger partial charge < -0.3 is 5.32 Å². The maximum Gasteiger partial charge on any atom is 0.123 e. The van der Waals surface area contributed by atoms with Gasteiger partial charge in [-0.15, -0.1) is 11.3 Å². The molecule has 0 aliphatic heterocycles. The van der Waals surface area contributed by atoms with E-state index >= 15 is 0 Å². The summed E-state index contributed by atoms with van der Waals surface area (Å²) in [5.41, 5.74) is 3.77. The van der Waals surface area contributed by atoms with Crippen molar-refractivity contribution in [3.05, 3.63) is 40.4 Å². The van der Waals surface area contributed by atoms with E-state index in [1.807, 2.05) is 18.4 Å². The quantitative estimate of drug-likeness (QED) is 0.890. The number of nitrogens with one attached hydrogen (secondary N) is 1. The van der Waals surface area contributed by atoms with E-state index in [9.17, 15) is 0 Å².